The Kier molecular flexibility index (Phi) is 4.18. The molecule has 0 amide bonds. The lowest BCUT2D eigenvalue weighted by molar-refractivity contribution is -0.141. The number of carboxylic acids is 1. The van der Waals surface area contributed by atoms with Crippen molar-refractivity contribution < 1.29 is 15.0 Å². The van der Waals surface area contributed by atoms with Crippen LogP contribution in [0.4, 0.5) is 0 Å². The van der Waals surface area contributed by atoms with Crippen molar-refractivity contribution in [1.82, 2.24) is 0 Å². The molecule has 4 N–H and O–H groups in total. The van der Waals surface area contributed by atoms with E-state index in [1.807, 2.05) is 0 Å². The molecule has 0 heterocycles. The molecule has 2 unspecified atom stereocenters. The standard InChI is InChI=1S/C6H10N2O3/c7-3-1-2-4(9)5(8)6(10)11/h4-5,9H,1-2,8H2,(H,10,11). The summed E-state index contributed by atoms with van der Waals surface area (Å²) in [4.78, 5) is 10.1. The third-order valence-corrected chi connectivity index (χ3v) is 1.25. The molecule has 5 heteroatoms. The van der Waals surface area contributed by atoms with Gasteiger partial charge >= 0.3 is 5.97 Å². The highest BCUT2D eigenvalue weighted by Crippen LogP contribution is 1.99. The molecule has 0 saturated carbocycles. The Hall–Kier alpha value is -1.12. The van der Waals surface area contributed by atoms with Crippen molar-refractivity contribution in [3.05, 3.63) is 0 Å². The highest BCUT2D eigenvalue weighted by molar-refractivity contribution is 5.73. The lowest BCUT2D eigenvalue weighted by Gasteiger charge is -2.12. The number of carboxylic acid groups (broad SMARTS) is 1. The summed E-state index contributed by atoms with van der Waals surface area (Å²) in [5.41, 5.74) is 5.04. The van der Waals surface area contributed by atoms with E-state index < -0.39 is 18.1 Å². The average Bonchev–Trinajstić information content (AvgIpc) is 1.98. The predicted octanol–water partition coefficient (Wildman–Crippen LogP) is -0.937. The van der Waals surface area contributed by atoms with Gasteiger partial charge in [-0.2, -0.15) is 5.26 Å². The van der Waals surface area contributed by atoms with E-state index in [-0.39, 0.29) is 12.8 Å². The van der Waals surface area contributed by atoms with Crippen molar-refractivity contribution in [2.24, 2.45) is 5.73 Å². The molecule has 0 bridgehead atoms. The van der Waals surface area contributed by atoms with Gasteiger partial charge < -0.3 is 15.9 Å². The molecule has 0 aliphatic carbocycles. The maximum absolute atomic E-state index is 10.1. The molecule has 0 saturated heterocycles. The second kappa shape index (κ2) is 4.66. The van der Waals surface area contributed by atoms with Crippen molar-refractivity contribution in [3.63, 3.8) is 0 Å². The van der Waals surface area contributed by atoms with Crippen LogP contribution in [0.2, 0.25) is 0 Å². The molecule has 62 valence electrons. The van der Waals surface area contributed by atoms with Gasteiger partial charge in [-0.05, 0) is 6.42 Å². The highest BCUT2D eigenvalue weighted by atomic mass is 16.4. The second-order valence-corrected chi connectivity index (χ2v) is 2.13. The van der Waals surface area contributed by atoms with Crippen LogP contribution < -0.4 is 5.73 Å². The molecular weight excluding hydrogens is 148 g/mol. The Balaban J connectivity index is 3.75. The summed E-state index contributed by atoms with van der Waals surface area (Å²) in [6.45, 7) is 0. The summed E-state index contributed by atoms with van der Waals surface area (Å²) in [6, 6.07) is 0.495. The van der Waals surface area contributed by atoms with Crippen LogP contribution in [0.15, 0.2) is 0 Å². The molecule has 0 aliphatic heterocycles. The molecule has 0 aromatic heterocycles. The third kappa shape index (κ3) is 3.55. The average molecular weight is 158 g/mol. The molecule has 2 atom stereocenters. The lowest BCUT2D eigenvalue weighted by Crippen LogP contribution is -2.41. The molecule has 0 fully saturated rings. The van der Waals surface area contributed by atoms with Gasteiger partial charge in [0, 0.05) is 6.42 Å². The van der Waals surface area contributed by atoms with E-state index in [2.05, 4.69) is 0 Å². The molecule has 0 spiro atoms. The molecule has 0 aromatic carbocycles. The lowest BCUT2D eigenvalue weighted by atomic mass is 10.1. The van der Waals surface area contributed by atoms with Crippen LogP contribution >= 0.6 is 0 Å². The summed E-state index contributed by atoms with van der Waals surface area (Å²) in [5.74, 6) is -1.25. The Morgan fingerprint density at radius 1 is 1.73 bits per heavy atom. The molecular formula is C6H10N2O3. The van der Waals surface area contributed by atoms with Crippen LogP contribution in [0.1, 0.15) is 12.8 Å². The quantitative estimate of drug-likeness (QED) is 0.489. The van der Waals surface area contributed by atoms with E-state index in [9.17, 15) is 4.79 Å². The van der Waals surface area contributed by atoms with Gasteiger partial charge in [-0.15, -0.1) is 0 Å². The van der Waals surface area contributed by atoms with Gasteiger partial charge in [-0.25, -0.2) is 0 Å². The van der Waals surface area contributed by atoms with Crippen LogP contribution in [0.5, 0.6) is 0 Å². The number of aliphatic carboxylic acids is 1. The third-order valence-electron chi connectivity index (χ3n) is 1.25. The number of aliphatic hydroxyl groups is 1. The Labute approximate surface area is 64.0 Å². The minimum Gasteiger partial charge on any atom is -0.480 e. The monoisotopic (exact) mass is 158 g/mol. The van der Waals surface area contributed by atoms with Gasteiger partial charge in [-0.3, -0.25) is 4.79 Å². The first-order valence-electron chi connectivity index (χ1n) is 3.13. The van der Waals surface area contributed by atoms with E-state index in [0.29, 0.717) is 0 Å². The van der Waals surface area contributed by atoms with Crippen molar-refractivity contribution in [1.29, 1.82) is 5.26 Å². The topological polar surface area (TPSA) is 107 Å². The predicted molar refractivity (Wildman–Crippen MR) is 36.5 cm³/mol. The van der Waals surface area contributed by atoms with Gasteiger partial charge in [-0.1, -0.05) is 0 Å². The van der Waals surface area contributed by atoms with Crippen LogP contribution in [0.25, 0.3) is 0 Å². The molecule has 0 rings (SSSR count). The van der Waals surface area contributed by atoms with E-state index in [1.165, 1.54) is 0 Å². The number of rotatable bonds is 4. The summed E-state index contributed by atoms with van der Waals surface area (Å²) in [7, 11) is 0. The van der Waals surface area contributed by atoms with Crippen LogP contribution in [-0.2, 0) is 4.79 Å². The van der Waals surface area contributed by atoms with Crippen molar-refractivity contribution in [2.75, 3.05) is 0 Å². The maximum atomic E-state index is 10.1. The summed E-state index contributed by atoms with van der Waals surface area (Å²) < 4.78 is 0. The fourth-order valence-electron chi connectivity index (χ4n) is 0.557. The minimum atomic E-state index is -1.29. The normalized spacial score (nSPS) is 15.0. The van der Waals surface area contributed by atoms with Gasteiger partial charge in [0.1, 0.15) is 6.04 Å². The van der Waals surface area contributed by atoms with Gasteiger partial charge in [0.2, 0.25) is 0 Å². The zero-order chi connectivity index (χ0) is 8.85. The molecule has 0 radical (unpaired) electrons. The zero-order valence-corrected chi connectivity index (χ0v) is 5.90. The van der Waals surface area contributed by atoms with Crippen molar-refractivity contribution >= 4 is 5.97 Å². The SMILES string of the molecule is N#CCCC(O)C(N)C(=O)O. The van der Waals surface area contributed by atoms with Crippen LogP contribution in [0.3, 0.4) is 0 Å². The number of hydrogen-bond acceptors (Lipinski definition) is 4. The highest BCUT2D eigenvalue weighted by Gasteiger charge is 2.20. The fourth-order valence-corrected chi connectivity index (χ4v) is 0.557. The number of aliphatic hydroxyl groups excluding tert-OH is 1. The number of carbonyl (C=O) groups is 1. The second-order valence-electron chi connectivity index (χ2n) is 2.13. The largest absolute Gasteiger partial charge is 0.480 e. The first-order valence-corrected chi connectivity index (χ1v) is 3.13. The first kappa shape index (κ1) is 9.88. The van der Waals surface area contributed by atoms with E-state index in [0.717, 1.165) is 0 Å². The molecule has 0 aliphatic rings. The number of nitrogens with zero attached hydrogens (tertiary/aromatic N) is 1. The smallest absolute Gasteiger partial charge is 0.323 e. The summed E-state index contributed by atoms with van der Waals surface area (Å²) in [5, 5.41) is 25.3. The van der Waals surface area contributed by atoms with Gasteiger partial charge in [0.05, 0.1) is 12.2 Å². The number of nitriles is 1. The van der Waals surface area contributed by atoms with Gasteiger partial charge in [0.15, 0.2) is 0 Å². The van der Waals surface area contributed by atoms with Gasteiger partial charge in [0.25, 0.3) is 0 Å². The van der Waals surface area contributed by atoms with E-state index >= 15 is 0 Å². The Bertz CT molecular complexity index is 175. The van der Waals surface area contributed by atoms with E-state index in [4.69, 9.17) is 21.2 Å². The summed E-state index contributed by atoms with van der Waals surface area (Å²) >= 11 is 0. The Morgan fingerprint density at radius 2 is 2.27 bits per heavy atom. The van der Waals surface area contributed by atoms with Crippen molar-refractivity contribution in [3.8, 4) is 6.07 Å². The van der Waals surface area contributed by atoms with E-state index in [1.54, 1.807) is 6.07 Å². The number of nitrogens with two attached hydrogens (primary N) is 1. The molecule has 11 heavy (non-hydrogen) atoms. The molecule has 0 aromatic rings. The van der Waals surface area contributed by atoms with Crippen LogP contribution in [0, 0.1) is 11.3 Å². The van der Waals surface area contributed by atoms with Crippen LogP contribution in [-0.4, -0.2) is 28.3 Å². The number of hydrogen-bond donors (Lipinski definition) is 3. The van der Waals surface area contributed by atoms with Crippen molar-refractivity contribution in [2.45, 2.75) is 25.0 Å². The first-order chi connectivity index (χ1) is 5.09. The molecule has 5 nitrogen and oxygen atoms in total. The minimum absolute atomic E-state index is 0.101. The fraction of sp³-hybridized carbons (Fsp3) is 0.667. The maximum Gasteiger partial charge on any atom is 0.323 e. The summed E-state index contributed by atoms with van der Waals surface area (Å²) in [6.07, 6.45) is -0.918. The Morgan fingerprint density at radius 3 is 2.64 bits per heavy atom. The zero-order valence-electron chi connectivity index (χ0n) is 5.90.